The second kappa shape index (κ2) is 5.30. The van der Waals surface area contributed by atoms with E-state index in [2.05, 4.69) is 28.2 Å². The summed E-state index contributed by atoms with van der Waals surface area (Å²) in [5, 5.41) is 0. The lowest BCUT2D eigenvalue weighted by molar-refractivity contribution is 0.415. The molecule has 0 unspecified atom stereocenters. The van der Waals surface area contributed by atoms with Crippen LogP contribution in [0.5, 0.6) is 5.75 Å². The van der Waals surface area contributed by atoms with Crippen molar-refractivity contribution in [1.29, 1.82) is 0 Å². The third-order valence-electron chi connectivity index (χ3n) is 3.91. The van der Waals surface area contributed by atoms with E-state index in [0.717, 1.165) is 28.2 Å². The van der Waals surface area contributed by atoms with E-state index in [1.807, 2.05) is 44.2 Å². The Morgan fingerprint density at radius 3 is 2.32 bits per heavy atom. The summed E-state index contributed by atoms with van der Waals surface area (Å²) in [4.78, 5) is 9.11. The van der Waals surface area contributed by atoms with Crippen LogP contribution in [0.25, 0.3) is 11.1 Å². The molecular weight excluding hydrogens is 274 g/mol. The van der Waals surface area contributed by atoms with Crippen LogP contribution in [0.15, 0.2) is 58.5 Å². The smallest absolute Gasteiger partial charge is 0.175 e. The molecule has 4 nitrogen and oxygen atoms in total. The first-order valence-electron chi connectivity index (χ1n) is 7.19. The Hall–Kier alpha value is -2.62. The zero-order valence-corrected chi connectivity index (χ0v) is 13.0. The largest absolute Gasteiger partial charge is 0.497 e. The van der Waals surface area contributed by atoms with Gasteiger partial charge in [0, 0.05) is 5.56 Å². The first-order chi connectivity index (χ1) is 10.5. The fourth-order valence-corrected chi connectivity index (χ4v) is 2.65. The van der Waals surface area contributed by atoms with Gasteiger partial charge in [0.05, 0.1) is 12.8 Å². The lowest BCUT2D eigenvalue weighted by atomic mass is 9.97. The van der Waals surface area contributed by atoms with Gasteiger partial charge in [-0.2, -0.15) is 0 Å². The van der Waals surface area contributed by atoms with E-state index in [9.17, 15) is 0 Å². The number of ether oxygens (including phenoxy) is 1. The summed E-state index contributed by atoms with van der Waals surface area (Å²) < 4.78 is 5.29. The molecule has 0 amide bonds. The van der Waals surface area contributed by atoms with Crippen molar-refractivity contribution in [3.05, 3.63) is 54.1 Å². The Labute approximate surface area is 130 Å². The SMILES string of the molecule is COc1cccc(-c2cccc([C@]3(C)N=C(C)C(N)=N3)c2)c1. The molecule has 2 N–H and O–H groups in total. The molecular formula is C18H19N3O. The van der Waals surface area contributed by atoms with Gasteiger partial charge in [-0.05, 0) is 43.2 Å². The Morgan fingerprint density at radius 1 is 1.00 bits per heavy atom. The van der Waals surface area contributed by atoms with Crippen LogP contribution in [0.4, 0.5) is 0 Å². The number of rotatable bonds is 3. The average molecular weight is 293 g/mol. The third kappa shape index (κ3) is 2.48. The Balaban J connectivity index is 2.04. The lowest BCUT2D eigenvalue weighted by Gasteiger charge is -2.18. The van der Waals surface area contributed by atoms with Gasteiger partial charge in [-0.3, -0.25) is 4.99 Å². The maximum atomic E-state index is 5.88. The second-order valence-corrected chi connectivity index (χ2v) is 5.53. The van der Waals surface area contributed by atoms with Gasteiger partial charge < -0.3 is 10.5 Å². The maximum absolute atomic E-state index is 5.88. The molecule has 1 atom stereocenters. The van der Waals surface area contributed by atoms with Gasteiger partial charge in [0.2, 0.25) is 0 Å². The summed E-state index contributed by atoms with van der Waals surface area (Å²) in [6.45, 7) is 3.86. The molecule has 2 aromatic rings. The van der Waals surface area contributed by atoms with E-state index in [4.69, 9.17) is 10.5 Å². The predicted octanol–water partition coefficient (Wildman–Crippen LogP) is 3.37. The number of aliphatic imine (C=N–C) groups is 2. The minimum absolute atomic E-state index is 0.509. The Morgan fingerprint density at radius 2 is 1.68 bits per heavy atom. The first kappa shape index (κ1) is 14.3. The zero-order valence-electron chi connectivity index (χ0n) is 13.0. The molecule has 1 aliphatic heterocycles. The molecule has 1 heterocycles. The molecule has 1 aliphatic rings. The van der Waals surface area contributed by atoms with Gasteiger partial charge in [0.1, 0.15) is 11.6 Å². The predicted molar refractivity (Wildman–Crippen MR) is 90.5 cm³/mol. The lowest BCUT2D eigenvalue weighted by Crippen LogP contribution is -2.18. The molecule has 2 aromatic carbocycles. The van der Waals surface area contributed by atoms with Gasteiger partial charge in [0.15, 0.2) is 5.66 Å². The van der Waals surface area contributed by atoms with Crippen LogP contribution in [-0.4, -0.2) is 18.7 Å². The van der Waals surface area contributed by atoms with Crippen molar-refractivity contribution in [3.8, 4) is 16.9 Å². The summed E-state index contributed by atoms with van der Waals surface area (Å²) >= 11 is 0. The number of nitrogens with zero attached hydrogens (tertiary/aromatic N) is 2. The highest BCUT2D eigenvalue weighted by atomic mass is 16.5. The molecule has 3 rings (SSSR count). The quantitative estimate of drug-likeness (QED) is 0.943. The number of hydrogen-bond acceptors (Lipinski definition) is 4. The van der Waals surface area contributed by atoms with Crippen LogP contribution in [0, 0.1) is 0 Å². The fraction of sp³-hybridized carbons (Fsp3) is 0.222. The molecule has 0 saturated carbocycles. The van der Waals surface area contributed by atoms with E-state index in [1.165, 1.54) is 0 Å². The van der Waals surface area contributed by atoms with Crippen LogP contribution in [0.1, 0.15) is 19.4 Å². The second-order valence-electron chi connectivity index (χ2n) is 5.53. The summed E-state index contributed by atoms with van der Waals surface area (Å²) in [7, 11) is 1.67. The standard InChI is InChI=1S/C18H19N3O/c1-12-17(19)21-18(2,20-12)15-8-4-6-13(10-15)14-7-5-9-16(11-14)22-3/h4-11H,1-3H3,(H2,19,21)/t18-/m1/s1. The van der Waals surface area contributed by atoms with Crippen LogP contribution in [-0.2, 0) is 5.66 Å². The van der Waals surface area contributed by atoms with Gasteiger partial charge in [-0.15, -0.1) is 0 Å². The van der Waals surface area contributed by atoms with Crippen LogP contribution < -0.4 is 10.5 Å². The van der Waals surface area contributed by atoms with E-state index in [1.54, 1.807) is 7.11 Å². The van der Waals surface area contributed by atoms with E-state index in [-0.39, 0.29) is 0 Å². The Bertz CT molecular complexity index is 759. The molecule has 0 aliphatic carbocycles. The van der Waals surface area contributed by atoms with E-state index >= 15 is 0 Å². The zero-order chi connectivity index (χ0) is 15.7. The molecule has 0 fully saturated rings. The summed E-state index contributed by atoms with van der Waals surface area (Å²) in [5.74, 6) is 1.35. The topological polar surface area (TPSA) is 60.0 Å². The molecule has 0 radical (unpaired) electrons. The number of amidine groups is 1. The number of hydrogen-bond donors (Lipinski definition) is 1. The van der Waals surface area contributed by atoms with Crippen molar-refractivity contribution in [2.75, 3.05) is 7.11 Å². The van der Waals surface area contributed by atoms with E-state index in [0.29, 0.717) is 5.84 Å². The number of nitrogens with two attached hydrogens (primary N) is 1. The third-order valence-corrected chi connectivity index (χ3v) is 3.91. The highest BCUT2D eigenvalue weighted by molar-refractivity contribution is 6.41. The molecule has 0 bridgehead atoms. The van der Waals surface area contributed by atoms with Crippen LogP contribution in [0.3, 0.4) is 0 Å². The minimum Gasteiger partial charge on any atom is -0.497 e. The fourth-order valence-electron chi connectivity index (χ4n) is 2.65. The van der Waals surface area contributed by atoms with Crippen molar-refractivity contribution >= 4 is 11.5 Å². The molecule has 0 aromatic heterocycles. The van der Waals surface area contributed by atoms with Crippen molar-refractivity contribution in [1.82, 2.24) is 0 Å². The first-order valence-corrected chi connectivity index (χ1v) is 7.19. The van der Waals surface area contributed by atoms with Crippen LogP contribution >= 0.6 is 0 Å². The molecule has 0 saturated heterocycles. The van der Waals surface area contributed by atoms with Gasteiger partial charge in [0.25, 0.3) is 0 Å². The van der Waals surface area contributed by atoms with Crippen molar-refractivity contribution in [3.63, 3.8) is 0 Å². The average Bonchev–Trinajstić information content (AvgIpc) is 2.81. The van der Waals surface area contributed by atoms with Gasteiger partial charge in [-0.25, -0.2) is 4.99 Å². The van der Waals surface area contributed by atoms with Crippen molar-refractivity contribution < 1.29 is 4.74 Å². The number of methoxy groups -OCH3 is 1. The van der Waals surface area contributed by atoms with Crippen LogP contribution in [0.2, 0.25) is 0 Å². The normalized spacial score (nSPS) is 20.5. The minimum atomic E-state index is -0.636. The molecule has 22 heavy (non-hydrogen) atoms. The summed E-state index contributed by atoms with van der Waals surface area (Å²) in [5.41, 5.74) is 9.25. The summed E-state index contributed by atoms with van der Waals surface area (Å²) in [6, 6.07) is 16.2. The molecule has 0 spiro atoms. The molecule has 4 heteroatoms. The number of benzene rings is 2. The van der Waals surface area contributed by atoms with Crippen molar-refractivity contribution in [2.45, 2.75) is 19.5 Å². The Kier molecular flexibility index (Phi) is 3.45. The highest BCUT2D eigenvalue weighted by Gasteiger charge is 2.30. The summed E-state index contributed by atoms with van der Waals surface area (Å²) in [6.07, 6.45) is 0. The highest BCUT2D eigenvalue weighted by Crippen LogP contribution is 2.33. The van der Waals surface area contributed by atoms with Gasteiger partial charge in [-0.1, -0.05) is 30.3 Å². The molecule has 112 valence electrons. The van der Waals surface area contributed by atoms with Gasteiger partial charge >= 0.3 is 0 Å². The van der Waals surface area contributed by atoms with Crippen molar-refractivity contribution in [2.24, 2.45) is 15.7 Å². The monoisotopic (exact) mass is 293 g/mol. The maximum Gasteiger partial charge on any atom is 0.175 e. The van der Waals surface area contributed by atoms with E-state index < -0.39 is 5.66 Å².